The Morgan fingerprint density at radius 1 is 1.00 bits per heavy atom. The highest BCUT2D eigenvalue weighted by Gasteiger charge is 2.28. The van der Waals surface area contributed by atoms with E-state index in [-0.39, 0.29) is 11.9 Å². The molecule has 1 saturated heterocycles. The van der Waals surface area contributed by atoms with E-state index in [1.807, 2.05) is 42.5 Å². The molecule has 1 fully saturated rings. The van der Waals surface area contributed by atoms with Gasteiger partial charge in [-0.1, -0.05) is 30.3 Å². The van der Waals surface area contributed by atoms with Crippen LogP contribution in [0.3, 0.4) is 0 Å². The van der Waals surface area contributed by atoms with E-state index < -0.39 is 0 Å². The lowest BCUT2D eigenvalue weighted by Gasteiger charge is -2.39. The molecule has 0 bridgehead atoms. The van der Waals surface area contributed by atoms with Gasteiger partial charge in [-0.2, -0.15) is 0 Å². The van der Waals surface area contributed by atoms with Gasteiger partial charge in [-0.15, -0.1) is 0 Å². The highest BCUT2D eigenvalue weighted by Crippen LogP contribution is 2.25. The summed E-state index contributed by atoms with van der Waals surface area (Å²) in [7, 11) is 1.67. The number of rotatable bonds is 5. The summed E-state index contributed by atoms with van der Waals surface area (Å²) in [5.41, 5.74) is 7.80. The summed E-state index contributed by atoms with van der Waals surface area (Å²) in [5, 5.41) is 0. The summed E-state index contributed by atoms with van der Waals surface area (Å²) in [6.07, 6.45) is 0. The van der Waals surface area contributed by atoms with E-state index in [9.17, 15) is 4.79 Å². The molecule has 2 aromatic carbocycles. The molecule has 0 radical (unpaired) electrons. The number of amides is 1. The van der Waals surface area contributed by atoms with E-state index in [0.29, 0.717) is 0 Å². The zero-order chi connectivity index (χ0) is 16.9. The van der Waals surface area contributed by atoms with Gasteiger partial charge in [0, 0.05) is 31.9 Å². The van der Waals surface area contributed by atoms with Gasteiger partial charge in [0.15, 0.2) is 0 Å². The fraction of sp³-hybridized carbons (Fsp3) is 0.316. The monoisotopic (exact) mass is 325 g/mol. The number of carbonyl (C=O) groups is 1. The molecular formula is C19H23N3O2. The highest BCUT2D eigenvalue weighted by molar-refractivity contribution is 5.81. The molecule has 1 amide bonds. The van der Waals surface area contributed by atoms with Gasteiger partial charge in [0.25, 0.3) is 0 Å². The molecule has 1 aliphatic heterocycles. The number of hydrogen-bond donors (Lipinski definition) is 1. The first kappa shape index (κ1) is 16.3. The van der Waals surface area contributed by atoms with Crippen LogP contribution in [-0.4, -0.2) is 44.1 Å². The van der Waals surface area contributed by atoms with Crippen molar-refractivity contribution >= 4 is 11.6 Å². The van der Waals surface area contributed by atoms with Crippen LogP contribution >= 0.6 is 0 Å². The van der Waals surface area contributed by atoms with Crippen LogP contribution in [0, 0.1) is 0 Å². The molecule has 0 spiro atoms. The molecule has 0 saturated carbocycles. The second kappa shape index (κ2) is 7.36. The third-order valence-corrected chi connectivity index (χ3v) is 4.50. The molecule has 0 aliphatic carbocycles. The number of anilines is 1. The van der Waals surface area contributed by atoms with Crippen LogP contribution in [0.5, 0.6) is 5.75 Å². The van der Waals surface area contributed by atoms with Crippen molar-refractivity contribution in [2.75, 3.05) is 38.2 Å². The predicted octanol–water partition coefficient (Wildman–Crippen LogP) is 2.04. The number of benzene rings is 2. The maximum absolute atomic E-state index is 12.0. The zero-order valence-corrected chi connectivity index (χ0v) is 13.9. The second-order valence-electron chi connectivity index (χ2n) is 5.94. The molecule has 0 aromatic heterocycles. The number of ether oxygens (including phenoxy) is 1. The number of nitrogens with zero attached hydrogens (tertiary/aromatic N) is 2. The number of carbonyl (C=O) groups excluding carboxylic acids is 1. The summed E-state index contributed by atoms with van der Waals surface area (Å²) in [6.45, 7) is 3.33. The van der Waals surface area contributed by atoms with Gasteiger partial charge in [0.1, 0.15) is 11.8 Å². The van der Waals surface area contributed by atoms with Crippen LogP contribution < -0.4 is 15.4 Å². The van der Waals surface area contributed by atoms with Gasteiger partial charge < -0.3 is 15.4 Å². The summed E-state index contributed by atoms with van der Waals surface area (Å²) >= 11 is 0. The van der Waals surface area contributed by atoms with Gasteiger partial charge in [0.2, 0.25) is 5.91 Å². The van der Waals surface area contributed by atoms with Crippen LogP contribution in [-0.2, 0) is 4.79 Å². The van der Waals surface area contributed by atoms with Crippen LogP contribution in [0.25, 0.3) is 0 Å². The first-order valence-electron chi connectivity index (χ1n) is 8.16. The Bertz CT molecular complexity index is 665. The number of piperazine rings is 1. The lowest BCUT2D eigenvalue weighted by molar-refractivity contribution is -0.123. The minimum Gasteiger partial charge on any atom is -0.497 e. The lowest BCUT2D eigenvalue weighted by atomic mass is 10.0. The van der Waals surface area contributed by atoms with E-state index in [2.05, 4.69) is 21.9 Å². The maximum Gasteiger partial charge on any atom is 0.239 e. The minimum absolute atomic E-state index is 0.293. The third-order valence-electron chi connectivity index (χ3n) is 4.50. The van der Waals surface area contributed by atoms with Gasteiger partial charge in [0.05, 0.1) is 7.11 Å². The number of nitrogens with two attached hydrogens (primary N) is 1. The molecule has 126 valence electrons. The maximum atomic E-state index is 12.0. The Morgan fingerprint density at radius 3 is 2.17 bits per heavy atom. The Hall–Kier alpha value is -2.53. The van der Waals surface area contributed by atoms with E-state index in [1.165, 1.54) is 5.69 Å². The summed E-state index contributed by atoms with van der Waals surface area (Å²) in [4.78, 5) is 16.5. The molecule has 2 N–H and O–H groups in total. The van der Waals surface area contributed by atoms with Crippen LogP contribution in [0.1, 0.15) is 11.6 Å². The normalized spacial score (nSPS) is 16.6. The topological polar surface area (TPSA) is 58.8 Å². The molecule has 5 nitrogen and oxygen atoms in total. The summed E-state index contributed by atoms with van der Waals surface area (Å²) in [6, 6.07) is 17.5. The standard InChI is InChI=1S/C19H23N3O2/c1-24-17-9-7-16(8-10-17)21-11-13-22(14-12-21)18(19(20)23)15-5-3-2-4-6-15/h2-10,18H,11-14H2,1H3,(H2,20,23). The SMILES string of the molecule is COc1ccc(N2CCN(C(C(N)=O)c3ccccc3)CC2)cc1. The highest BCUT2D eigenvalue weighted by atomic mass is 16.5. The van der Waals surface area contributed by atoms with Crippen molar-refractivity contribution < 1.29 is 9.53 Å². The molecule has 1 unspecified atom stereocenters. The third kappa shape index (κ3) is 3.51. The van der Waals surface area contributed by atoms with Crippen molar-refractivity contribution in [2.45, 2.75) is 6.04 Å². The van der Waals surface area contributed by atoms with Crippen molar-refractivity contribution in [1.82, 2.24) is 4.90 Å². The van der Waals surface area contributed by atoms with E-state index in [1.54, 1.807) is 7.11 Å². The van der Waals surface area contributed by atoms with Crippen LogP contribution in [0.2, 0.25) is 0 Å². The molecule has 3 rings (SSSR count). The first-order chi connectivity index (χ1) is 11.7. The van der Waals surface area contributed by atoms with Gasteiger partial charge in [-0.3, -0.25) is 9.69 Å². The summed E-state index contributed by atoms with van der Waals surface area (Å²) < 4.78 is 5.20. The Labute approximate surface area is 142 Å². The quantitative estimate of drug-likeness (QED) is 0.914. The van der Waals surface area contributed by atoms with E-state index >= 15 is 0 Å². The average molecular weight is 325 g/mol. The molecule has 1 heterocycles. The number of primary amides is 1. The Balaban J connectivity index is 1.67. The second-order valence-corrected chi connectivity index (χ2v) is 5.94. The molecule has 5 heteroatoms. The minimum atomic E-state index is -0.357. The average Bonchev–Trinajstić information content (AvgIpc) is 2.63. The molecule has 24 heavy (non-hydrogen) atoms. The number of methoxy groups -OCH3 is 1. The Morgan fingerprint density at radius 2 is 1.62 bits per heavy atom. The van der Waals surface area contributed by atoms with Gasteiger partial charge in [-0.05, 0) is 29.8 Å². The van der Waals surface area contributed by atoms with Crippen LogP contribution in [0.15, 0.2) is 54.6 Å². The lowest BCUT2D eigenvalue weighted by Crippen LogP contribution is -2.50. The van der Waals surface area contributed by atoms with Crippen molar-refractivity contribution in [3.63, 3.8) is 0 Å². The fourth-order valence-corrected chi connectivity index (χ4v) is 3.22. The van der Waals surface area contributed by atoms with Crippen molar-refractivity contribution in [1.29, 1.82) is 0 Å². The van der Waals surface area contributed by atoms with Gasteiger partial charge >= 0.3 is 0 Å². The largest absolute Gasteiger partial charge is 0.497 e. The zero-order valence-electron chi connectivity index (χ0n) is 13.9. The predicted molar refractivity (Wildman–Crippen MR) is 95.2 cm³/mol. The van der Waals surface area contributed by atoms with Gasteiger partial charge in [-0.25, -0.2) is 0 Å². The van der Waals surface area contributed by atoms with E-state index in [4.69, 9.17) is 10.5 Å². The summed E-state index contributed by atoms with van der Waals surface area (Å²) in [5.74, 6) is 0.564. The molecule has 1 atom stereocenters. The molecule has 2 aromatic rings. The first-order valence-corrected chi connectivity index (χ1v) is 8.16. The molecular weight excluding hydrogens is 302 g/mol. The van der Waals surface area contributed by atoms with Crippen molar-refractivity contribution in [3.05, 3.63) is 60.2 Å². The van der Waals surface area contributed by atoms with Crippen molar-refractivity contribution in [2.24, 2.45) is 5.73 Å². The van der Waals surface area contributed by atoms with Crippen molar-refractivity contribution in [3.8, 4) is 5.75 Å². The van der Waals surface area contributed by atoms with E-state index in [0.717, 1.165) is 37.5 Å². The Kier molecular flexibility index (Phi) is 5.01. The number of hydrogen-bond acceptors (Lipinski definition) is 4. The fourth-order valence-electron chi connectivity index (χ4n) is 3.22. The smallest absolute Gasteiger partial charge is 0.239 e. The van der Waals surface area contributed by atoms with Crippen LogP contribution in [0.4, 0.5) is 5.69 Å². The molecule has 1 aliphatic rings.